The Balaban J connectivity index is 2.62. The highest BCUT2D eigenvalue weighted by molar-refractivity contribution is 9.10. The summed E-state index contributed by atoms with van der Waals surface area (Å²) >= 11 is 3.48. The number of fused-ring (bicyclic) bond motifs is 3. The minimum Gasteiger partial charge on any atom is -0.508 e. The molecular weight excluding hydrogens is 254 g/mol. The van der Waals surface area contributed by atoms with Crippen molar-refractivity contribution in [1.82, 2.24) is 4.40 Å². The molecule has 15 heavy (non-hydrogen) atoms. The van der Waals surface area contributed by atoms with Crippen LogP contribution in [-0.4, -0.2) is 9.51 Å². The minimum absolute atomic E-state index is 0.283. The van der Waals surface area contributed by atoms with Crippen molar-refractivity contribution in [2.75, 3.05) is 0 Å². The van der Waals surface area contributed by atoms with Crippen LogP contribution in [0.4, 0.5) is 0 Å². The topological polar surface area (TPSA) is 24.6 Å². The highest BCUT2D eigenvalue weighted by atomic mass is 79.9. The van der Waals surface area contributed by atoms with Crippen LogP contribution in [0.1, 0.15) is 0 Å². The maximum atomic E-state index is 9.50. The Hall–Kier alpha value is -1.48. The third-order valence-corrected chi connectivity index (χ3v) is 3.18. The van der Waals surface area contributed by atoms with E-state index in [2.05, 4.69) is 26.4 Å². The van der Waals surface area contributed by atoms with Crippen LogP contribution in [0.2, 0.25) is 0 Å². The van der Waals surface area contributed by atoms with Crippen molar-refractivity contribution >= 4 is 32.2 Å². The zero-order chi connectivity index (χ0) is 10.4. The molecular formula is C12H8BrNO. The van der Waals surface area contributed by atoms with Gasteiger partial charge in [0.1, 0.15) is 5.75 Å². The monoisotopic (exact) mass is 261 g/mol. The molecule has 3 rings (SSSR count). The highest BCUT2D eigenvalue weighted by Crippen LogP contribution is 2.31. The summed E-state index contributed by atoms with van der Waals surface area (Å²) in [6.07, 6.45) is 4.00. The molecule has 0 aliphatic carbocycles. The summed E-state index contributed by atoms with van der Waals surface area (Å²) in [5.74, 6) is 0.283. The number of hydrogen-bond donors (Lipinski definition) is 1. The van der Waals surface area contributed by atoms with Crippen LogP contribution in [0.5, 0.6) is 5.75 Å². The second-order valence-electron chi connectivity index (χ2n) is 3.51. The molecule has 3 heteroatoms. The summed E-state index contributed by atoms with van der Waals surface area (Å²) in [5.41, 5.74) is 1.14. The van der Waals surface area contributed by atoms with Gasteiger partial charge in [0.05, 0.1) is 5.52 Å². The zero-order valence-corrected chi connectivity index (χ0v) is 9.40. The number of aromatic hydroxyl groups is 1. The number of phenols is 1. The third kappa shape index (κ3) is 1.23. The summed E-state index contributed by atoms with van der Waals surface area (Å²) < 4.78 is 2.98. The van der Waals surface area contributed by atoms with Gasteiger partial charge in [-0.2, -0.15) is 0 Å². The van der Waals surface area contributed by atoms with Gasteiger partial charge in [0.15, 0.2) is 0 Å². The lowest BCUT2D eigenvalue weighted by Crippen LogP contribution is -1.84. The van der Waals surface area contributed by atoms with Gasteiger partial charge in [0, 0.05) is 22.3 Å². The van der Waals surface area contributed by atoms with Crippen molar-refractivity contribution in [2.45, 2.75) is 0 Å². The number of aromatic nitrogens is 1. The largest absolute Gasteiger partial charge is 0.508 e. The number of pyridine rings is 1. The van der Waals surface area contributed by atoms with Gasteiger partial charge in [-0.25, -0.2) is 0 Å². The van der Waals surface area contributed by atoms with Crippen LogP contribution in [0.15, 0.2) is 47.2 Å². The molecule has 0 fully saturated rings. The van der Waals surface area contributed by atoms with Crippen molar-refractivity contribution in [3.05, 3.63) is 47.2 Å². The summed E-state index contributed by atoms with van der Waals surface area (Å²) in [6, 6.07) is 9.55. The quantitative estimate of drug-likeness (QED) is 0.658. The summed E-state index contributed by atoms with van der Waals surface area (Å²) in [5, 5.41) is 11.7. The van der Waals surface area contributed by atoms with E-state index >= 15 is 0 Å². The Kier molecular flexibility index (Phi) is 1.76. The molecule has 3 aromatic rings. The molecule has 0 radical (unpaired) electrons. The normalized spacial score (nSPS) is 11.3. The molecule has 0 aliphatic heterocycles. The predicted molar refractivity (Wildman–Crippen MR) is 64.3 cm³/mol. The Morgan fingerprint density at radius 2 is 2.00 bits per heavy atom. The zero-order valence-electron chi connectivity index (χ0n) is 7.81. The van der Waals surface area contributed by atoms with E-state index in [1.165, 1.54) is 0 Å². The van der Waals surface area contributed by atoms with Crippen LogP contribution >= 0.6 is 15.9 Å². The molecule has 0 unspecified atom stereocenters. The molecule has 0 saturated carbocycles. The van der Waals surface area contributed by atoms with Crippen LogP contribution in [0, 0.1) is 0 Å². The van der Waals surface area contributed by atoms with Gasteiger partial charge in [0.25, 0.3) is 0 Å². The molecule has 0 bridgehead atoms. The first-order chi connectivity index (χ1) is 7.25. The number of hydrogen-bond acceptors (Lipinski definition) is 1. The lowest BCUT2D eigenvalue weighted by molar-refractivity contribution is 0.476. The van der Waals surface area contributed by atoms with Crippen LogP contribution in [0.25, 0.3) is 16.3 Å². The van der Waals surface area contributed by atoms with Crippen molar-refractivity contribution in [2.24, 2.45) is 0 Å². The Morgan fingerprint density at radius 3 is 2.87 bits per heavy atom. The number of halogens is 1. The van der Waals surface area contributed by atoms with E-state index < -0.39 is 0 Å². The standard InChI is InChI=1S/C12H8BrNO/c13-10-7-9(15)6-8-3-5-14-4-1-2-11(14)12(8)10/h1-7,15H. The number of benzene rings is 1. The van der Waals surface area contributed by atoms with Crippen LogP contribution in [-0.2, 0) is 0 Å². The van der Waals surface area contributed by atoms with Crippen molar-refractivity contribution in [1.29, 1.82) is 0 Å². The second kappa shape index (κ2) is 3.00. The number of phenolic OH excluding ortho intramolecular Hbond substituents is 1. The molecule has 1 aromatic carbocycles. The maximum Gasteiger partial charge on any atom is 0.117 e. The van der Waals surface area contributed by atoms with Gasteiger partial charge in [-0.1, -0.05) is 0 Å². The molecule has 0 spiro atoms. The first-order valence-electron chi connectivity index (χ1n) is 4.63. The van der Waals surface area contributed by atoms with Crippen molar-refractivity contribution < 1.29 is 5.11 Å². The van der Waals surface area contributed by atoms with Crippen LogP contribution < -0.4 is 0 Å². The van der Waals surface area contributed by atoms with E-state index in [9.17, 15) is 5.11 Å². The lowest BCUT2D eigenvalue weighted by Gasteiger charge is -2.05. The highest BCUT2D eigenvalue weighted by Gasteiger charge is 2.05. The minimum atomic E-state index is 0.283. The van der Waals surface area contributed by atoms with Gasteiger partial charge in [-0.3, -0.25) is 0 Å². The van der Waals surface area contributed by atoms with E-state index in [1.807, 2.05) is 24.5 Å². The Labute approximate surface area is 94.9 Å². The number of nitrogens with zero attached hydrogens (tertiary/aromatic N) is 1. The fraction of sp³-hybridized carbons (Fsp3) is 0. The SMILES string of the molecule is Oc1cc(Br)c2c(ccn3cccc23)c1. The molecule has 0 aliphatic rings. The van der Waals surface area contributed by atoms with E-state index in [0.717, 1.165) is 20.8 Å². The van der Waals surface area contributed by atoms with E-state index in [4.69, 9.17) is 0 Å². The van der Waals surface area contributed by atoms with Gasteiger partial charge in [0.2, 0.25) is 0 Å². The second-order valence-corrected chi connectivity index (χ2v) is 4.36. The smallest absolute Gasteiger partial charge is 0.117 e. The van der Waals surface area contributed by atoms with E-state index in [-0.39, 0.29) is 5.75 Å². The van der Waals surface area contributed by atoms with Crippen molar-refractivity contribution in [3.8, 4) is 5.75 Å². The average molecular weight is 262 g/mol. The predicted octanol–water partition coefficient (Wildman–Crippen LogP) is 3.56. The van der Waals surface area contributed by atoms with Gasteiger partial charge < -0.3 is 9.51 Å². The van der Waals surface area contributed by atoms with E-state index in [0.29, 0.717) is 0 Å². The first kappa shape index (κ1) is 8.80. The molecule has 0 amide bonds. The molecule has 2 aromatic heterocycles. The Morgan fingerprint density at radius 1 is 1.13 bits per heavy atom. The first-order valence-corrected chi connectivity index (χ1v) is 5.43. The molecule has 74 valence electrons. The fourth-order valence-corrected chi connectivity index (χ4v) is 2.58. The molecule has 2 nitrogen and oxygen atoms in total. The lowest BCUT2D eigenvalue weighted by atomic mass is 10.1. The fourth-order valence-electron chi connectivity index (χ4n) is 1.91. The van der Waals surface area contributed by atoms with Crippen LogP contribution in [0.3, 0.4) is 0 Å². The maximum absolute atomic E-state index is 9.50. The van der Waals surface area contributed by atoms with E-state index in [1.54, 1.807) is 12.1 Å². The van der Waals surface area contributed by atoms with Gasteiger partial charge in [-0.05, 0) is 51.6 Å². The molecule has 1 N–H and O–H groups in total. The summed E-state index contributed by atoms with van der Waals surface area (Å²) in [4.78, 5) is 0. The summed E-state index contributed by atoms with van der Waals surface area (Å²) in [7, 11) is 0. The number of rotatable bonds is 0. The molecule has 0 saturated heterocycles. The van der Waals surface area contributed by atoms with Crippen molar-refractivity contribution in [3.63, 3.8) is 0 Å². The molecule has 0 atom stereocenters. The van der Waals surface area contributed by atoms with Gasteiger partial charge in [-0.15, -0.1) is 0 Å². The third-order valence-electron chi connectivity index (χ3n) is 2.56. The molecule has 2 heterocycles. The average Bonchev–Trinajstić information content (AvgIpc) is 2.63. The Bertz CT molecular complexity index is 657. The summed E-state index contributed by atoms with van der Waals surface area (Å²) in [6.45, 7) is 0. The van der Waals surface area contributed by atoms with Gasteiger partial charge >= 0.3 is 0 Å².